The van der Waals surface area contributed by atoms with Crippen LogP contribution in [0, 0.1) is 0 Å². The first-order chi connectivity index (χ1) is 17.9. The molecule has 8 heteroatoms. The quantitative estimate of drug-likeness (QED) is 0.166. The van der Waals surface area contributed by atoms with Crippen LogP contribution in [-0.4, -0.2) is 28.0 Å². The molecule has 0 radical (unpaired) electrons. The fourth-order valence-electron chi connectivity index (χ4n) is 5.15. The maximum atomic E-state index is 13.1. The summed E-state index contributed by atoms with van der Waals surface area (Å²) in [4.78, 5) is 26.1. The number of nitrogens with zero attached hydrogens (tertiary/aromatic N) is 1. The highest BCUT2D eigenvalue weighted by atomic mass is 35.5. The van der Waals surface area contributed by atoms with Crippen LogP contribution in [0.25, 0.3) is 32.9 Å². The van der Waals surface area contributed by atoms with Gasteiger partial charge >= 0.3 is 0 Å². The summed E-state index contributed by atoms with van der Waals surface area (Å²) in [6, 6.07) is 22.1. The van der Waals surface area contributed by atoms with Gasteiger partial charge in [0.1, 0.15) is 5.75 Å². The number of anilines is 1. The molecule has 1 aliphatic rings. The number of rotatable bonds is 6. The Labute approximate surface area is 222 Å². The van der Waals surface area contributed by atoms with Gasteiger partial charge in [-0.15, -0.1) is 0 Å². The minimum Gasteiger partial charge on any atom is -0.508 e. The van der Waals surface area contributed by atoms with Crippen molar-refractivity contribution in [3.8, 4) is 16.9 Å². The monoisotopic (exact) mass is 529 g/mol. The first-order valence-electron chi connectivity index (χ1n) is 11.8. The molecule has 0 saturated heterocycles. The molecule has 0 atom stereocenters. The number of phenolic OH excluding ortho intramolecular Hbond substituents is 1. The van der Waals surface area contributed by atoms with E-state index in [-0.39, 0.29) is 16.9 Å². The summed E-state index contributed by atoms with van der Waals surface area (Å²) in [5.74, 6) is -0.904. The van der Waals surface area contributed by atoms with E-state index in [9.17, 15) is 14.7 Å². The lowest BCUT2D eigenvalue weighted by molar-refractivity contribution is 0.0880. The van der Waals surface area contributed by atoms with Gasteiger partial charge in [0, 0.05) is 56.2 Å². The lowest BCUT2D eigenvalue weighted by atomic mass is 9.92. The molecule has 6 nitrogen and oxygen atoms in total. The van der Waals surface area contributed by atoms with Crippen molar-refractivity contribution in [2.24, 2.45) is 0 Å². The topological polar surface area (TPSA) is 83.4 Å². The molecule has 0 bridgehead atoms. The Hall–Kier alpha value is -4.00. The molecule has 1 aliphatic heterocycles. The summed E-state index contributed by atoms with van der Waals surface area (Å²) in [5, 5.41) is 18.2. The Morgan fingerprint density at radius 1 is 0.811 bits per heavy atom. The van der Waals surface area contributed by atoms with Gasteiger partial charge in [-0.2, -0.15) is 0 Å². The summed E-state index contributed by atoms with van der Waals surface area (Å²) < 4.78 is 2.11. The average Bonchev–Trinajstić information content (AvgIpc) is 3.35. The van der Waals surface area contributed by atoms with Crippen LogP contribution in [-0.2, 0) is 6.54 Å². The number of benzene rings is 4. The zero-order valence-corrected chi connectivity index (χ0v) is 21.0. The predicted octanol–water partition coefficient (Wildman–Crippen LogP) is 6.86. The molecule has 3 N–H and O–H groups in total. The number of aromatic hydroxyl groups is 1. The lowest BCUT2D eigenvalue weighted by Crippen LogP contribution is -2.20. The van der Waals surface area contributed by atoms with Crippen molar-refractivity contribution >= 4 is 62.5 Å². The van der Waals surface area contributed by atoms with Gasteiger partial charge in [-0.3, -0.25) is 14.9 Å². The first-order valence-corrected chi connectivity index (χ1v) is 12.6. The number of nitrogens with one attached hydrogen (secondary N) is 2. The molecule has 2 heterocycles. The summed E-state index contributed by atoms with van der Waals surface area (Å²) in [6.45, 7) is 1.37. The van der Waals surface area contributed by atoms with Crippen LogP contribution in [0.2, 0.25) is 10.0 Å². The summed E-state index contributed by atoms with van der Waals surface area (Å²) in [6.07, 6.45) is 0.791. The minimum atomic E-state index is -0.499. The molecule has 6 rings (SSSR count). The van der Waals surface area contributed by atoms with E-state index in [2.05, 4.69) is 15.2 Å². The van der Waals surface area contributed by atoms with Crippen LogP contribution in [0.1, 0.15) is 27.1 Å². The second kappa shape index (κ2) is 9.14. The van der Waals surface area contributed by atoms with Crippen molar-refractivity contribution in [1.82, 2.24) is 9.88 Å². The number of para-hydroxylation sites is 1. The van der Waals surface area contributed by atoms with Gasteiger partial charge in [-0.25, -0.2) is 0 Å². The normalized spacial score (nSPS) is 12.8. The highest BCUT2D eigenvalue weighted by Gasteiger charge is 2.35. The number of fused-ring (bicyclic) bond motifs is 5. The van der Waals surface area contributed by atoms with Crippen molar-refractivity contribution in [2.75, 3.05) is 11.9 Å². The number of aromatic nitrogens is 1. The van der Waals surface area contributed by atoms with E-state index < -0.39 is 11.8 Å². The number of imide groups is 1. The largest absolute Gasteiger partial charge is 0.508 e. The molecule has 37 heavy (non-hydrogen) atoms. The smallest absolute Gasteiger partial charge is 0.259 e. The van der Waals surface area contributed by atoms with Crippen LogP contribution >= 0.6 is 23.2 Å². The molecular weight excluding hydrogens is 509 g/mol. The molecule has 0 aliphatic carbocycles. The number of hydrogen-bond acceptors (Lipinski definition) is 4. The molecule has 2 amide bonds. The number of hydrogen-bond donors (Lipinski definition) is 3. The third-order valence-electron chi connectivity index (χ3n) is 6.71. The van der Waals surface area contributed by atoms with Crippen LogP contribution in [0.15, 0.2) is 72.8 Å². The first kappa shape index (κ1) is 23.4. The lowest BCUT2D eigenvalue weighted by Gasteiger charge is -2.14. The highest BCUT2D eigenvalue weighted by molar-refractivity contribution is 6.41. The fraction of sp³-hybridized carbons (Fsp3) is 0.103. The standard InChI is InChI=1S/C29H21Cl2N3O3/c30-20-8-4-9-21(31)24(20)19-15-23-25(27-26(19)28(36)33-29(27)37)18-14-17(35)10-11-22(18)34(23)13-5-12-32-16-6-2-1-3-7-16/h1-4,6-11,14-15,32,35H,5,12-13H2,(H,33,36,37). The summed E-state index contributed by atoms with van der Waals surface area (Å²) >= 11 is 13.1. The summed E-state index contributed by atoms with van der Waals surface area (Å²) in [7, 11) is 0. The van der Waals surface area contributed by atoms with E-state index in [1.807, 2.05) is 42.5 Å². The van der Waals surface area contributed by atoms with Crippen molar-refractivity contribution in [3.63, 3.8) is 0 Å². The third-order valence-corrected chi connectivity index (χ3v) is 7.34. The molecule has 5 aromatic rings. The van der Waals surface area contributed by atoms with Gasteiger partial charge in [0.15, 0.2) is 0 Å². The average molecular weight is 530 g/mol. The van der Waals surface area contributed by atoms with E-state index >= 15 is 0 Å². The van der Waals surface area contributed by atoms with Gasteiger partial charge in [-0.05, 0) is 55.0 Å². The molecular formula is C29H21Cl2N3O3. The number of aryl methyl sites for hydroxylation is 1. The Balaban J connectivity index is 1.56. The molecule has 0 saturated carbocycles. The second-order valence-corrected chi connectivity index (χ2v) is 9.76. The van der Waals surface area contributed by atoms with Crippen molar-refractivity contribution in [3.05, 3.63) is 94.0 Å². The molecule has 0 fully saturated rings. The molecule has 1 aromatic heterocycles. The fourth-order valence-corrected chi connectivity index (χ4v) is 5.75. The van der Waals surface area contributed by atoms with Gasteiger partial charge in [-0.1, -0.05) is 47.5 Å². The number of halogens is 2. The Morgan fingerprint density at radius 3 is 2.30 bits per heavy atom. The number of carbonyl (C=O) groups is 2. The minimum absolute atomic E-state index is 0.0778. The van der Waals surface area contributed by atoms with Crippen molar-refractivity contribution in [2.45, 2.75) is 13.0 Å². The number of phenols is 1. The van der Waals surface area contributed by atoms with Gasteiger partial charge in [0.25, 0.3) is 11.8 Å². The molecule has 4 aromatic carbocycles. The zero-order chi connectivity index (χ0) is 25.7. The Kier molecular flexibility index (Phi) is 5.78. The SMILES string of the molecule is O=C1NC(=O)c2c1c(-c1c(Cl)cccc1Cl)cc1c2c2cc(O)ccc2n1CCCNc1ccccc1. The van der Waals surface area contributed by atoms with Crippen molar-refractivity contribution < 1.29 is 14.7 Å². The van der Waals surface area contributed by atoms with Crippen LogP contribution in [0.5, 0.6) is 5.75 Å². The number of carbonyl (C=O) groups excluding carboxylic acids is 2. The van der Waals surface area contributed by atoms with E-state index in [1.54, 1.807) is 30.3 Å². The van der Waals surface area contributed by atoms with E-state index in [4.69, 9.17) is 23.2 Å². The predicted molar refractivity (Wildman–Crippen MR) is 148 cm³/mol. The number of amides is 2. The van der Waals surface area contributed by atoms with Gasteiger partial charge in [0.05, 0.1) is 16.6 Å². The third kappa shape index (κ3) is 3.89. The van der Waals surface area contributed by atoms with Crippen LogP contribution in [0.4, 0.5) is 5.69 Å². The maximum absolute atomic E-state index is 13.1. The van der Waals surface area contributed by atoms with E-state index in [1.165, 1.54) is 0 Å². The van der Waals surface area contributed by atoms with Crippen LogP contribution < -0.4 is 10.6 Å². The Morgan fingerprint density at radius 2 is 1.54 bits per heavy atom. The summed E-state index contributed by atoms with van der Waals surface area (Å²) in [5.41, 5.74) is 4.15. The van der Waals surface area contributed by atoms with E-state index in [0.29, 0.717) is 38.5 Å². The Bertz CT molecular complexity index is 1710. The molecule has 184 valence electrons. The van der Waals surface area contributed by atoms with Gasteiger partial charge < -0.3 is 15.0 Å². The van der Waals surface area contributed by atoms with Gasteiger partial charge in [0.2, 0.25) is 0 Å². The van der Waals surface area contributed by atoms with E-state index in [0.717, 1.165) is 29.7 Å². The zero-order valence-electron chi connectivity index (χ0n) is 19.5. The second-order valence-electron chi connectivity index (χ2n) is 8.95. The molecule has 0 unspecified atom stereocenters. The van der Waals surface area contributed by atoms with Crippen molar-refractivity contribution in [1.29, 1.82) is 0 Å². The van der Waals surface area contributed by atoms with Crippen LogP contribution in [0.3, 0.4) is 0 Å². The maximum Gasteiger partial charge on any atom is 0.259 e. The highest BCUT2D eigenvalue weighted by Crippen LogP contribution is 2.44. The molecule has 0 spiro atoms.